The van der Waals surface area contributed by atoms with Crippen molar-refractivity contribution in [3.63, 3.8) is 0 Å². The molecule has 2 heterocycles. The summed E-state index contributed by atoms with van der Waals surface area (Å²) < 4.78 is 40.4. The van der Waals surface area contributed by atoms with Crippen molar-refractivity contribution in [3.05, 3.63) is 52.6 Å². The van der Waals surface area contributed by atoms with E-state index in [-0.39, 0.29) is 5.75 Å². The van der Waals surface area contributed by atoms with Gasteiger partial charge in [0.2, 0.25) is 0 Å². The lowest BCUT2D eigenvalue weighted by molar-refractivity contribution is -0.146. The average Bonchev–Trinajstić information content (AvgIpc) is 2.66. The minimum atomic E-state index is -4.50. The van der Waals surface area contributed by atoms with Crippen LogP contribution in [0.2, 0.25) is 0 Å². The van der Waals surface area contributed by atoms with Crippen LogP contribution in [0.5, 0.6) is 5.75 Å². The Bertz CT molecular complexity index is 984. The first-order chi connectivity index (χ1) is 14.3. The molecule has 2 aromatic rings. The maximum atomic E-state index is 13.5. The largest absolute Gasteiger partial charge is 0.481 e. The second-order valence-corrected chi connectivity index (χ2v) is 7.86. The van der Waals surface area contributed by atoms with Crippen LogP contribution < -0.4 is 15.6 Å². The molecule has 0 unspecified atom stereocenters. The Hall–Kier alpha value is -2.58. The van der Waals surface area contributed by atoms with E-state index in [0.717, 1.165) is 35.2 Å². The highest BCUT2D eigenvalue weighted by molar-refractivity contribution is 5.85. The Balaban J connectivity index is 1.87. The summed E-state index contributed by atoms with van der Waals surface area (Å²) in [6.45, 7) is 3.18. The summed E-state index contributed by atoms with van der Waals surface area (Å²) in [4.78, 5) is 17.3. The monoisotopic (exact) mass is 420 g/mol. The van der Waals surface area contributed by atoms with Gasteiger partial charge in [-0.25, -0.2) is 0 Å². The fourth-order valence-electron chi connectivity index (χ4n) is 4.26. The molecule has 0 amide bonds. The first-order valence-corrected chi connectivity index (χ1v) is 9.98. The Morgan fingerprint density at radius 3 is 2.60 bits per heavy atom. The van der Waals surface area contributed by atoms with Gasteiger partial charge >= 0.3 is 12.1 Å². The van der Waals surface area contributed by atoms with E-state index in [1.165, 1.54) is 0 Å². The van der Waals surface area contributed by atoms with Gasteiger partial charge in [-0.2, -0.15) is 18.7 Å². The van der Waals surface area contributed by atoms with E-state index in [9.17, 15) is 23.1 Å². The highest BCUT2D eigenvalue weighted by Crippen LogP contribution is 2.41. The molecule has 1 saturated heterocycles. The third-order valence-electron chi connectivity index (χ3n) is 5.91. The number of rotatable bonds is 5. The summed E-state index contributed by atoms with van der Waals surface area (Å²) in [6, 6.07) is 7.53. The van der Waals surface area contributed by atoms with Crippen molar-refractivity contribution in [1.82, 2.24) is 10.8 Å². The molecule has 2 aliphatic rings. The first-order valence-electron chi connectivity index (χ1n) is 9.98. The van der Waals surface area contributed by atoms with Crippen LogP contribution in [-0.2, 0) is 29.2 Å². The van der Waals surface area contributed by atoms with Gasteiger partial charge in [0.05, 0.1) is 5.56 Å². The molecule has 4 rings (SSSR count). The predicted octanol–water partition coefficient (Wildman–Crippen LogP) is 3.69. The number of hydrogen-bond donors (Lipinski definition) is 3. The molecule has 3 N–H and O–H groups in total. The number of nitrogens with one attached hydrogen (secondary N) is 2. The number of hydrogen-bond acceptors (Lipinski definition) is 4. The van der Waals surface area contributed by atoms with Gasteiger partial charge in [0.15, 0.2) is 5.75 Å². The van der Waals surface area contributed by atoms with E-state index in [1.807, 2.05) is 13.0 Å². The molecule has 30 heavy (non-hydrogen) atoms. The van der Waals surface area contributed by atoms with E-state index in [2.05, 4.69) is 10.8 Å². The van der Waals surface area contributed by atoms with Gasteiger partial charge in [-0.15, -0.1) is 0 Å². The molecule has 0 bridgehead atoms. The number of aryl methyl sites for hydroxylation is 1. The molecule has 1 fully saturated rings. The number of fused-ring (bicyclic) bond motifs is 1. The molecule has 5 nitrogen and oxygen atoms in total. The van der Waals surface area contributed by atoms with Crippen LogP contribution in [0.4, 0.5) is 13.2 Å². The summed E-state index contributed by atoms with van der Waals surface area (Å²) >= 11 is 0. The number of halogens is 3. The van der Waals surface area contributed by atoms with Gasteiger partial charge in [-0.05, 0) is 47.2 Å². The summed E-state index contributed by atoms with van der Waals surface area (Å²) in [6.07, 6.45) is -2.51. The van der Waals surface area contributed by atoms with E-state index in [4.69, 9.17) is 4.84 Å². The lowest BCUT2D eigenvalue weighted by Gasteiger charge is -2.40. The number of hydroxylamine groups is 1. The molecule has 0 aromatic heterocycles. The van der Waals surface area contributed by atoms with E-state index in [1.54, 1.807) is 12.1 Å². The molecule has 0 radical (unpaired) electrons. The minimum absolute atomic E-state index is 0.178. The van der Waals surface area contributed by atoms with Crippen molar-refractivity contribution in [2.75, 3.05) is 19.6 Å². The van der Waals surface area contributed by atoms with Gasteiger partial charge in [0, 0.05) is 25.2 Å². The summed E-state index contributed by atoms with van der Waals surface area (Å²) in [5, 5.41) is 12.8. The van der Waals surface area contributed by atoms with Crippen LogP contribution in [-0.4, -0.2) is 30.7 Å². The molecule has 8 heteroatoms. The van der Waals surface area contributed by atoms with E-state index < -0.39 is 23.1 Å². The quantitative estimate of drug-likeness (QED) is 0.688. The molecule has 0 atom stereocenters. The van der Waals surface area contributed by atoms with Gasteiger partial charge in [0.25, 0.3) is 0 Å². The number of carboxylic acids is 1. The fraction of sp³-hybridized carbons (Fsp3) is 0.409. The topological polar surface area (TPSA) is 70.6 Å². The van der Waals surface area contributed by atoms with Crippen molar-refractivity contribution in [2.45, 2.75) is 37.8 Å². The highest BCUT2D eigenvalue weighted by atomic mass is 19.4. The standard InChI is InChI=1S/C22H23F3N2O3/c1-2-3-14-8-13(4-5-18(14)21(20(28)29)11-26-12-21)17-9-15(22(23,24)25)10-19-16(17)6-7-27-30-19/h4-5,8-10,26-27H,2-3,6-7,11-12H2,1H3,(H,28,29). The average molecular weight is 420 g/mol. The molecule has 160 valence electrons. The molecule has 0 aliphatic carbocycles. The summed E-state index contributed by atoms with van der Waals surface area (Å²) in [5.74, 6) is -0.709. The SMILES string of the molecule is CCCc1cc(-c2cc(C(F)(F)F)cc3c2CCNO3)ccc1C1(C(=O)O)CNC1. The Morgan fingerprint density at radius 2 is 2.00 bits per heavy atom. The molecular formula is C22H23F3N2O3. The maximum absolute atomic E-state index is 13.5. The summed E-state index contributed by atoms with van der Waals surface area (Å²) in [7, 11) is 0. The fourth-order valence-corrected chi connectivity index (χ4v) is 4.26. The number of benzene rings is 2. The van der Waals surface area contributed by atoms with Crippen LogP contribution in [0.15, 0.2) is 30.3 Å². The molecule has 0 saturated carbocycles. The van der Waals surface area contributed by atoms with Crippen LogP contribution >= 0.6 is 0 Å². The van der Waals surface area contributed by atoms with Crippen molar-refractivity contribution in [3.8, 4) is 16.9 Å². The number of carbonyl (C=O) groups is 1. The van der Waals surface area contributed by atoms with E-state index >= 15 is 0 Å². The van der Waals surface area contributed by atoms with Gasteiger partial charge < -0.3 is 15.3 Å². The lowest BCUT2D eigenvalue weighted by atomic mass is 9.72. The predicted molar refractivity (Wildman–Crippen MR) is 105 cm³/mol. The zero-order valence-electron chi connectivity index (χ0n) is 16.5. The van der Waals surface area contributed by atoms with Gasteiger partial charge in [-0.3, -0.25) is 4.79 Å². The third-order valence-corrected chi connectivity index (χ3v) is 5.91. The highest BCUT2D eigenvalue weighted by Gasteiger charge is 2.47. The maximum Gasteiger partial charge on any atom is 0.416 e. The number of alkyl halides is 3. The Morgan fingerprint density at radius 1 is 1.23 bits per heavy atom. The van der Waals surface area contributed by atoms with Crippen LogP contribution in [0.1, 0.15) is 35.6 Å². The third kappa shape index (κ3) is 3.44. The summed E-state index contributed by atoms with van der Waals surface area (Å²) in [5.41, 5.74) is 4.32. The van der Waals surface area contributed by atoms with Gasteiger partial charge in [-0.1, -0.05) is 31.5 Å². The van der Waals surface area contributed by atoms with Crippen molar-refractivity contribution >= 4 is 5.97 Å². The van der Waals surface area contributed by atoms with Crippen molar-refractivity contribution in [2.24, 2.45) is 0 Å². The van der Waals surface area contributed by atoms with Crippen molar-refractivity contribution in [1.29, 1.82) is 0 Å². The normalized spacial score (nSPS) is 17.6. The van der Waals surface area contributed by atoms with Crippen molar-refractivity contribution < 1.29 is 27.9 Å². The second kappa shape index (κ2) is 7.59. The number of aliphatic carboxylic acids is 1. The molecule has 2 aromatic carbocycles. The number of carboxylic acid groups (broad SMARTS) is 1. The molecular weight excluding hydrogens is 397 g/mol. The smallest absolute Gasteiger partial charge is 0.416 e. The molecule has 2 aliphatic heterocycles. The lowest BCUT2D eigenvalue weighted by Crippen LogP contribution is -2.61. The first kappa shape index (κ1) is 20.7. The Labute approximate surface area is 172 Å². The Kier molecular flexibility index (Phi) is 5.23. The molecule has 0 spiro atoms. The second-order valence-electron chi connectivity index (χ2n) is 7.86. The van der Waals surface area contributed by atoms with Crippen LogP contribution in [0, 0.1) is 0 Å². The van der Waals surface area contributed by atoms with Gasteiger partial charge in [0.1, 0.15) is 5.41 Å². The zero-order valence-corrected chi connectivity index (χ0v) is 16.5. The van der Waals surface area contributed by atoms with Crippen LogP contribution in [0.3, 0.4) is 0 Å². The minimum Gasteiger partial charge on any atom is -0.481 e. The zero-order chi connectivity index (χ0) is 21.5. The van der Waals surface area contributed by atoms with Crippen LogP contribution in [0.25, 0.3) is 11.1 Å². The van der Waals surface area contributed by atoms with E-state index in [0.29, 0.717) is 43.6 Å².